The van der Waals surface area contributed by atoms with Crippen molar-refractivity contribution in [3.63, 3.8) is 0 Å². The van der Waals surface area contributed by atoms with Gasteiger partial charge in [-0.2, -0.15) is 0 Å². The summed E-state index contributed by atoms with van der Waals surface area (Å²) in [6, 6.07) is 12.4. The average Bonchev–Trinajstić information content (AvgIpc) is 2.30. The van der Waals surface area contributed by atoms with Crippen LogP contribution in [-0.2, 0) is 4.57 Å². The van der Waals surface area contributed by atoms with Crippen LogP contribution in [0.3, 0.4) is 0 Å². The summed E-state index contributed by atoms with van der Waals surface area (Å²) in [7, 11) is -3.74. The Balaban J connectivity index is 2.36. The SMILES string of the molecule is O=P1(O)Oc2ccc(Br)cc2-c2ccccc21. The van der Waals surface area contributed by atoms with Crippen LogP contribution in [-0.4, -0.2) is 4.89 Å². The molecule has 1 aliphatic rings. The van der Waals surface area contributed by atoms with Crippen LogP contribution in [0.4, 0.5) is 0 Å². The molecule has 86 valence electrons. The maximum Gasteiger partial charge on any atom is 0.408 e. The predicted molar refractivity (Wildman–Crippen MR) is 69.7 cm³/mol. The maximum absolute atomic E-state index is 12.0. The zero-order chi connectivity index (χ0) is 12.0. The molecule has 3 rings (SSSR count). The van der Waals surface area contributed by atoms with Gasteiger partial charge < -0.3 is 9.42 Å². The zero-order valence-electron chi connectivity index (χ0n) is 8.63. The number of benzene rings is 2. The Bertz CT molecular complexity index is 654. The fourth-order valence-corrected chi connectivity index (χ4v) is 3.58. The first-order valence-corrected chi connectivity index (χ1v) is 7.37. The molecule has 0 saturated carbocycles. The van der Waals surface area contributed by atoms with Gasteiger partial charge in [-0.25, -0.2) is 4.57 Å². The number of halogens is 1. The van der Waals surface area contributed by atoms with E-state index in [1.807, 2.05) is 18.2 Å². The molecule has 0 aromatic heterocycles. The molecule has 3 nitrogen and oxygen atoms in total. The van der Waals surface area contributed by atoms with Gasteiger partial charge in [0.15, 0.2) is 0 Å². The quantitative estimate of drug-likeness (QED) is 0.759. The van der Waals surface area contributed by atoms with E-state index in [0.29, 0.717) is 11.1 Å². The fraction of sp³-hybridized carbons (Fsp3) is 0. The first-order chi connectivity index (χ1) is 8.08. The third kappa shape index (κ3) is 1.73. The molecule has 2 aromatic carbocycles. The summed E-state index contributed by atoms with van der Waals surface area (Å²) in [5, 5.41) is 0.352. The van der Waals surface area contributed by atoms with Crippen LogP contribution < -0.4 is 9.83 Å². The molecule has 0 aliphatic carbocycles. The van der Waals surface area contributed by atoms with Gasteiger partial charge in [0.25, 0.3) is 0 Å². The van der Waals surface area contributed by atoms with Crippen molar-refractivity contribution in [3.8, 4) is 16.9 Å². The van der Waals surface area contributed by atoms with E-state index in [4.69, 9.17) is 4.52 Å². The van der Waals surface area contributed by atoms with Gasteiger partial charge in [0.1, 0.15) is 5.75 Å². The zero-order valence-corrected chi connectivity index (χ0v) is 11.1. The molecule has 0 spiro atoms. The predicted octanol–water partition coefficient (Wildman–Crippen LogP) is 3.32. The summed E-state index contributed by atoms with van der Waals surface area (Å²) in [5.41, 5.74) is 1.58. The smallest absolute Gasteiger partial charge is 0.408 e. The Hall–Kier alpha value is -1.09. The number of rotatable bonds is 0. The molecule has 5 heteroatoms. The third-order valence-corrected chi connectivity index (χ3v) is 4.60. The van der Waals surface area contributed by atoms with E-state index < -0.39 is 7.60 Å². The summed E-state index contributed by atoms with van der Waals surface area (Å²) in [6.07, 6.45) is 0. The van der Waals surface area contributed by atoms with Gasteiger partial charge in [0.2, 0.25) is 0 Å². The van der Waals surface area contributed by atoms with Gasteiger partial charge in [-0.15, -0.1) is 0 Å². The van der Waals surface area contributed by atoms with Crippen LogP contribution in [0.2, 0.25) is 0 Å². The van der Waals surface area contributed by atoms with Gasteiger partial charge in [0, 0.05) is 15.6 Å². The van der Waals surface area contributed by atoms with Crippen molar-refractivity contribution < 1.29 is 14.0 Å². The minimum atomic E-state index is -3.74. The van der Waals surface area contributed by atoms with E-state index in [1.54, 1.807) is 24.3 Å². The number of hydrogen-bond donors (Lipinski definition) is 1. The Morgan fingerprint density at radius 2 is 1.88 bits per heavy atom. The molecule has 0 saturated heterocycles. The first kappa shape index (κ1) is 11.0. The van der Waals surface area contributed by atoms with Crippen LogP contribution in [0.25, 0.3) is 11.1 Å². The lowest BCUT2D eigenvalue weighted by Crippen LogP contribution is -2.16. The summed E-state index contributed by atoms with van der Waals surface area (Å²) >= 11 is 3.38. The highest BCUT2D eigenvalue weighted by Crippen LogP contribution is 2.51. The monoisotopic (exact) mass is 310 g/mol. The van der Waals surface area contributed by atoms with Crippen molar-refractivity contribution in [2.45, 2.75) is 0 Å². The molecule has 0 fully saturated rings. The van der Waals surface area contributed by atoms with E-state index in [-0.39, 0.29) is 0 Å². The van der Waals surface area contributed by atoms with Gasteiger partial charge in [-0.05, 0) is 24.3 Å². The number of hydrogen-bond acceptors (Lipinski definition) is 2. The van der Waals surface area contributed by atoms with Crippen LogP contribution in [0.5, 0.6) is 5.75 Å². The molecule has 0 radical (unpaired) electrons. The molecule has 2 aromatic rings. The minimum Gasteiger partial charge on any atom is -0.421 e. The van der Waals surface area contributed by atoms with Crippen molar-refractivity contribution >= 4 is 28.8 Å². The van der Waals surface area contributed by atoms with Crippen LogP contribution in [0, 0.1) is 0 Å². The molecular weight excluding hydrogens is 303 g/mol. The second-order valence-corrected chi connectivity index (χ2v) is 6.39. The van der Waals surface area contributed by atoms with E-state index in [1.165, 1.54) is 0 Å². The summed E-state index contributed by atoms with van der Waals surface area (Å²) in [6.45, 7) is 0. The van der Waals surface area contributed by atoms with Crippen molar-refractivity contribution in [3.05, 3.63) is 46.9 Å². The Morgan fingerprint density at radius 3 is 2.71 bits per heavy atom. The molecule has 1 unspecified atom stereocenters. The first-order valence-electron chi connectivity index (χ1n) is 5.00. The van der Waals surface area contributed by atoms with Crippen molar-refractivity contribution in [1.29, 1.82) is 0 Å². The Morgan fingerprint density at radius 1 is 1.12 bits per heavy atom. The van der Waals surface area contributed by atoms with Crippen LogP contribution in [0.15, 0.2) is 46.9 Å². The van der Waals surface area contributed by atoms with Crippen LogP contribution in [0.1, 0.15) is 0 Å². The molecule has 1 heterocycles. The van der Waals surface area contributed by atoms with Gasteiger partial charge in [0.05, 0.1) is 5.30 Å². The molecule has 1 N–H and O–H groups in total. The highest BCUT2D eigenvalue weighted by molar-refractivity contribution is 9.10. The lowest BCUT2D eigenvalue weighted by Gasteiger charge is -2.24. The lowest BCUT2D eigenvalue weighted by molar-refractivity contribution is 0.392. The van der Waals surface area contributed by atoms with E-state index >= 15 is 0 Å². The molecule has 0 bridgehead atoms. The Labute approximate surface area is 107 Å². The van der Waals surface area contributed by atoms with Gasteiger partial charge in [-0.1, -0.05) is 34.1 Å². The average molecular weight is 311 g/mol. The molecule has 1 atom stereocenters. The highest BCUT2D eigenvalue weighted by Gasteiger charge is 2.33. The van der Waals surface area contributed by atoms with E-state index in [0.717, 1.165) is 15.6 Å². The standard InChI is InChI=1S/C12H8BrO3P/c13-8-5-6-11-10(7-8)9-3-1-2-4-12(9)17(14,15)16-11/h1-7H,(H,14,15). The highest BCUT2D eigenvalue weighted by atomic mass is 79.9. The topological polar surface area (TPSA) is 46.5 Å². The van der Waals surface area contributed by atoms with Crippen molar-refractivity contribution in [2.75, 3.05) is 0 Å². The van der Waals surface area contributed by atoms with Crippen LogP contribution >= 0.6 is 23.5 Å². The maximum atomic E-state index is 12.0. The summed E-state index contributed by atoms with van der Waals surface area (Å²) in [5.74, 6) is 0.442. The van der Waals surface area contributed by atoms with Crippen molar-refractivity contribution in [2.24, 2.45) is 0 Å². The Kier molecular flexibility index (Phi) is 2.40. The van der Waals surface area contributed by atoms with E-state index in [2.05, 4.69) is 15.9 Å². The summed E-state index contributed by atoms with van der Waals surface area (Å²) in [4.78, 5) is 9.86. The second kappa shape index (κ2) is 3.70. The third-order valence-electron chi connectivity index (χ3n) is 2.66. The van der Waals surface area contributed by atoms with E-state index in [9.17, 15) is 9.46 Å². The molecule has 0 amide bonds. The molecule has 1 aliphatic heterocycles. The molecule has 17 heavy (non-hydrogen) atoms. The minimum absolute atomic E-state index is 0.352. The lowest BCUT2D eigenvalue weighted by atomic mass is 10.0. The largest absolute Gasteiger partial charge is 0.421 e. The molecular formula is C12H8BrO3P. The number of fused-ring (bicyclic) bond motifs is 3. The summed E-state index contributed by atoms with van der Waals surface area (Å²) < 4.78 is 18.1. The fourth-order valence-electron chi connectivity index (χ4n) is 1.92. The van der Waals surface area contributed by atoms with Gasteiger partial charge >= 0.3 is 7.60 Å². The van der Waals surface area contributed by atoms with Crippen molar-refractivity contribution in [1.82, 2.24) is 0 Å². The second-order valence-electron chi connectivity index (χ2n) is 3.77. The normalized spacial score (nSPS) is 21.3. The van der Waals surface area contributed by atoms with Gasteiger partial charge in [-0.3, -0.25) is 0 Å².